The molecule has 3 fully saturated rings. The van der Waals surface area contributed by atoms with E-state index in [1.54, 1.807) is 19.1 Å². The number of allylic oxidation sites excluding steroid dienone is 4. The number of benzene rings is 1. The van der Waals surface area contributed by atoms with Gasteiger partial charge in [-0.25, -0.2) is 9.18 Å². The lowest BCUT2D eigenvalue weighted by atomic mass is 9.44. The second-order valence-corrected chi connectivity index (χ2v) is 13.6. The third-order valence-corrected chi connectivity index (χ3v) is 11.0. The number of carbonyl (C=O) groups is 4. The van der Waals surface area contributed by atoms with E-state index >= 15 is 4.39 Å². The Kier molecular flexibility index (Phi) is 9.73. The van der Waals surface area contributed by atoms with Crippen molar-refractivity contribution in [1.29, 1.82) is 0 Å². The summed E-state index contributed by atoms with van der Waals surface area (Å²) in [5, 5.41) is 43.7. The number of nitrogens with zero attached hydrogens (tertiary/aromatic N) is 1. The van der Waals surface area contributed by atoms with Crippen molar-refractivity contribution < 1.29 is 63.0 Å². The number of hydrogen-bond acceptors (Lipinski definition) is 14. The molecule has 1 aromatic rings. The predicted octanol–water partition coefficient (Wildman–Crippen LogP) is 1.56. The number of aliphatic hydroxyl groups excluding tert-OH is 2. The molecular formula is C33H39FN2O13. The minimum absolute atomic E-state index is 0.150. The first kappa shape index (κ1) is 36.0. The fraction of sp³-hybridized carbons (Fsp3) is 0.576. The molecule has 0 aromatic heterocycles. The number of nitrogens with two attached hydrogens (primary N) is 1. The van der Waals surface area contributed by atoms with Gasteiger partial charge in [0.05, 0.1) is 12.2 Å². The molecule has 49 heavy (non-hydrogen) atoms. The summed E-state index contributed by atoms with van der Waals surface area (Å²) < 4.78 is 32.1. The highest BCUT2D eigenvalue weighted by molar-refractivity contribution is 6.01. The summed E-state index contributed by atoms with van der Waals surface area (Å²) in [4.78, 5) is 64.7. The third kappa shape index (κ3) is 6.11. The van der Waals surface area contributed by atoms with Gasteiger partial charge in [-0.2, -0.15) is 0 Å². The molecular weight excluding hydrogens is 651 g/mol. The first-order valence-electron chi connectivity index (χ1n) is 15.8. The van der Waals surface area contributed by atoms with Gasteiger partial charge in [-0.1, -0.05) is 42.8 Å². The Balaban J connectivity index is 1.15. The van der Waals surface area contributed by atoms with E-state index in [0.717, 1.165) is 0 Å². The number of ketones is 2. The fourth-order valence-electron chi connectivity index (χ4n) is 8.35. The molecule has 1 aromatic carbocycles. The van der Waals surface area contributed by atoms with Gasteiger partial charge in [0.1, 0.15) is 25.9 Å². The van der Waals surface area contributed by atoms with E-state index in [0.29, 0.717) is 23.1 Å². The van der Waals surface area contributed by atoms with Crippen molar-refractivity contribution in [3.8, 4) is 0 Å². The van der Waals surface area contributed by atoms with Gasteiger partial charge in [0.25, 0.3) is 5.09 Å². The lowest BCUT2D eigenvalue weighted by Crippen LogP contribution is -2.69. The fourth-order valence-corrected chi connectivity index (χ4v) is 8.35. The molecule has 0 bridgehead atoms. The van der Waals surface area contributed by atoms with Gasteiger partial charge >= 0.3 is 12.1 Å². The molecule has 266 valence electrons. The van der Waals surface area contributed by atoms with Crippen LogP contribution in [0.25, 0.3) is 0 Å². The van der Waals surface area contributed by atoms with Crippen LogP contribution in [0.2, 0.25) is 0 Å². The smallest absolute Gasteiger partial charge is 0.456 e. The van der Waals surface area contributed by atoms with E-state index in [1.165, 1.54) is 37.3 Å². The molecule has 0 heterocycles. The molecule has 0 aliphatic heterocycles. The van der Waals surface area contributed by atoms with Gasteiger partial charge in [-0.05, 0) is 61.8 Å². The Hall–Kier alpha value is -4.25. The molecule has 0 spiro atoms. The van der Waals surface area contributed by atoms with Gasteiger partial charge in [0, 0.05) is 16.7 Å². The number of fused-ring (bicyclic) bond motifs is 5. The van der Waals surface area contributed by atoms with Crippen LogP contribution in [0.1, 0.15) is 50.7 Å². The van der Waals surface area contributed by atoms with E-state index in [4.69, 9.17) is 19.9 Å². The number of carbonyl (C=O) groups excluding carboxylic acids is 4. The van der Waals surface area contributed by atoms with Crippen LogP contribution in [0.4, 0.5) is 9.18 Å². The third-order valence-electron chi connectivity index (χ3n) is 11.0. The molecule has 9 atom stereocenters. The van der Waals surface area contributed by atoms with Crippen molar-refractivity contribution in [3.63, 3.8) is 0 Å². The summed E-state index contributed by atoms with van der Waals surface area (Å²) >= 11 is 0. The number of hydrogen-bond donors (Lipinski definition) is 4. The maximum absolute atomic E-state index is 17.3. The van der Waals surface area contributed by atoms with Gasteiger partial charge in [0.15, 0.2) is 23.7 Å². The molecule has 5 N–H and O–H groups in total. The number of Topliss-reactive ketones (excluding diaryl/α,β-unsaturated/α-hetero) is 1. The number of esters is 1. The topological polar surface area (TPSA) is 235 Å². The van der Waals surface area contributed by atoms with Gasteiger partial charge < -0.3 is 40.1 Å². The maximum Gasteiger partial charge on any atom is 0.508 e. The van der Waals surface area contributed by atoms with E-state index in [1.807, 2.05) is 0 Å². The minimum Gasteiger partial charge on any atom is -0.456 e. The Morgan fingerprint density at radius 1 is 1.06 bits per heavy atom. The highest BCUT2D eigenvalue weighted by atomic mass is 19.1. The molecule has 5 rings (SSSR count). The molecule has 4 aliphatic rings. The van der Waals surface area contributed by atoms with E-state index < -0.39 is 94.8 Å². The lowest BCUT2D eigenvalue weighted by molar-refractivity contribution is -0.763. The average molecular weight is 691 g/mol. The Labute approximate surface area is 279 Å². The zero-order chi connectivity index (χ0) is 35.9. The van der Waals surface area contributed by atoms with Crippen LogP contribution in [0, 0.1) is 32.8 Å². The van der Waals surface area contributed by atoms with Crippen molar-refractivity contribution in [2.24, 2.45) is 28.4 Å². The zero-order valence-electron chi connectivity index (χ0n) is 26.9. The Morgan fingerprint density at radius 2 is 1.71 bits per heavy atom. The second-order valence-electron chi connectivity index (χ2n) is 13.6. The Bertz CT molecular complexity index is 1580. The number of ether oxygens (including phenoxy) is 3. The summed E-state index contributed by atoms with van der Waals surface area (Å²) in [5.74, 6) is -4.11. The van der Waals surface area contributed by atoms with Crippen LogP contribution in [-0.2, 0) is 46.6 Å². The molecule has 15 nitrogen and oxygen atoms in total. The lowest BCUT2D eigenvalue weighted by Gasteiger charge is -2.62. The first-order valence-corrected chi connectivity index (χ1v) is 15.8. The minimum atomic E-state index is -2.50. The maximum atomic E-state index is 17.3. The molecule has 0 radical (unpaired) electrons. The van der Waals surface area contributed by atoms with Crippen LogP contribution in [-0.4, -0.2) is 86.8 Å². The number of alkyl halides is 1. The summed E-state index contributed by atoms with van der Waals surface area (Å²) in [7, 11) is 0. The molecule has 3 saturated carbocycles. The van der Waals surface area contributed by atoms with Crippen LogP contribution in [0.15, 0.2) is 48.1 Å². The molecule has 16 heteroatoms. The van der Waals surface area contributed by atoms with E-state index in [9.17, 15) is 44.6 Å². The number of rotatable bonds is 11. The van der Waals surface area contributed by atoms with Crippen LogP contribution < -0.4 is 5.73 Å². The number of aliphatic hydroxyl groups is 3. The van der Waals surface area contributed by atoms with Crippen molar-refractivity contribution in [1.82, 2.24) is 0 Å². The van der Waals surface area contributed by atoms with Crippen LogP contribution in [0.3, 0.4) is 0 Å². The molecule has 1 unspecified atom stereocenters. The quantitative estimate of drug-likeness (QED) is 0.147. The van der Waals surface area contributed by atoms with Crippen molar-refractivity contribution in [2.75, 3.05) is 13.2 Å². The van der Waals surface area contributed by atoms with Crippen LogP contribution in [0.5, 0.6) is 0 Å². The van der Waals surface area contributed by atoms with Gasteiger partial charge in [-0.3, -0.25) is 14.4 Å². The normalized spacial score (nSPS) is 35.2. The summed E-state index contributed by atoms with van der Waals surface area (Å²) in [6, 6.07) is 4.62. The SMILES string of the molecule is C[C@]12C=CC(=O)C=C1CC[C@H]1[C@@H]3C[C@@H](O)[C@](O)(C(=O)COC(=O)C(N)COC(=O)OCc4ccc(CO[N+](=O)[O-])cc4)[C@@]3(C)C[C@H](O)[C@@]12F. The van der Waals surface area contributed by atoms with Crippen molar-refractivity contribution in [2.45, 2.75) is 82.3 Å². The highest BCUT2D eigenvalue weighted by Gasteiger charge is 2.76. The molecule has 0 saturated heterocycles. The average Bonchev–Trinajstić information content (AvgIpc) is 3.26. The zero-order valence-corrected chi connectivity index (χ0v) is 26.9. The molecule has 0 amide bonds. The first-order chi connectivity index (χ1) is 23.0. The van der Waals surface area contributed by atoms with Gasteiger partial charge in [-0.15, -0.1) is 10.1 Å². The summed E-state index contributed by atoms with van der Waals surface area (Å²) in [5.41, 5.74) is -0.197. The van der Waals surface area contributed by atoms with Crippen LogP contribution >= 0.6 is 0 Å². The summed E-state index contributed by atoms with van der Waals surface area (Å²) in [6.45, 7) is 0.962. The standard InChI is InChI=1S/C33H39FN2O13/c1-30-10-9-21(37)11-20(30)7-8-22-23-12-25(38)33(43,31(23,2)13-26(39)32(22,30)34)27(40)17-46-28(41)24(35)16-48-29(42)47-14-18-3-5-19(6-4-18)15-49-36(44)45/h3-6,9-11,22-26,38-39,43H,7-8,12-17,35H2,1-2H3/t22-,23-,24?,25+,26-,30-,31-,32-,33-/m0/s1. The largest absolute Gasteiger partial charge is 0.508 e. The number of halogens is 1. The highest BCUT2D eigenvalue weighted by Crippen LogP contribution is 2.69. The molecule has 4 aliphatic carbocycles. The van der Waals surface area contributed by atoms with Gasteiger partial charge in [0.2, 0.25) is 5.78 Å². The Morgan fingerprint density at radius 3 is 2.37 bits per heavy atom. The van der Waals surface area contributed by atoms with Crippen molar-refractivity contribution >= 4 is 23.7 Å². The van der Waals surface area contributed by atoms with E-state index in [2.05, 4.69) is 4.84 Å². The monoisotopic (exact) mass is 690 g/mol. The van der Waals surface area contributed by atoms with Crippen molar-refractivity contribution in [3.05, 3.63) is 69.3 Å². The summed E-state index contributed by atoms with van der Waals surface area (Å²) in [6.07, 6.45) is -0.341. The van der Waals surface area contributed by atoms with E-state index in [-0.39, 0.29) is 31.8 Å². The predicted molar refractivity (Wildman–Crippen MR) is 163 cm³/mol. The second kappa shape index (κ2) is 13.2.